The molecule has 3 nitrogen and oxygen atoms in total. The molecule has 0 saturated carbocycles. The molecule has 0 spiro atoms. The van der Waals surface area contributed by atoms with Crippen LogP contribution in [0.4, 0.5) is 0 Å². The number of benzene rings is 3. The van der Waals surface area contributed by atoms with Gasteiger partial charge in [-0.05, 0) is 78.9 Å². The van der Waals surface area contributed by atoms with E-state index in [1.807, 2.05) is 86.7 Å². The Morgan fingerprint density at radius 3 is 2.23 bits per heavy atom. The number of hydrogen-bond acceptors (Lipinski definition) is 1. The summed E-state index contributed by atoms with van der Waals surface area (Å²) in [5.41, 5.74) is 8.63. The van der Waals surface area contributed by atoms with E-state index in [2.05, 4.69) is 11.1 Å². The lowest BCUT2D eigenvalue weighted by Crippen LogP contribution is -2.39. The molecule has 3 aromatic rings. The van der Waals surface area contributed by atoms with Gasteiger partial charge in [0.05, 0.1) is 6.20 Å². The molecule has 0 aromatic heterocycles. The minimum atomic E-state index is -0.110. The summed E-state index contributed by atoms with van der Waals surface area (Å²) in [5, 5.41) is 4.61. The molecule has 0 aliphatic carbocycles. The van der Waals surface area contributed by atoms with E-state index in [9.17, 15) is 4.79 Å². The average molecular weight is 454 g/mol. The summed E-state index contributed by atoms with van der Waals surface area (Å²) in [5.74, 6) is -0.0293. The van der Waals surface area contributed by atoms with E-state index in [0.29, 0.717) is 15.6 Å². The molecule has 0 aliphatic heterocycles. The van der Waals surface area contributed by atoms with Gasteiger partial charge in [0.15, 0.2) is 0 Å². The van der Waals surface area contributed by atoms with Crippen LogP contribution in [0.5, 0.6) is 0 Å². The molecule has 0 heterocycles. The number of amides is 1. The Balaban J connectivity index is 1.88. The second-order valence-corrected chi connectivity index (χ2v) is 8.56. The smallest absolute Gasteiger partial charge is 0.252 e. The first-order valence-electron chi connectivity index (χ1n) is 10.2. The maximum Gasteiger partial charge on any atom is 0.252 e. The fraction of sp³-hybridized carbons (Fsp3) is 0.192. The number of hydrogen-bond donors (Lipinski definition) is 2. The third-order valence-corrected chi connectivity index (χ3v) is 5.99. The van der Waals surface area contributed by atoms with E-state index >= 15 is 0 Å². The van der Waals surface area contributed by atoms with E-state index in [-0.39, 0.29) is 17.9 Å². The van der Waals surface area contributed by atoms with Crippen LogP contribution in [0.15, 0.2) is 72.9 Å². The van der Waals surface area contributed by atoms with Gasteiger partial charge >= 0.3 is 0 Å². The summed E-state index contributed by atoms with van der Waals surface area (Å²) in [7, 11) is 0. The van der Waals surface area contributed by atoms with Crippen LogP contribution in [0.25, 0.3) is 6.08 Å². The Labute approximate surface area is 193 Å². The number of carbonyl (C=O) groups is 1. The maximum absolute atomic E-state index is 13.2. The second kappa shape index (κ2) is 10.6. The quantitative estimate of drug-likeness (QED) is 0.476. The fourth-order valence-corrected chi connectivity index (χ4v) is 4.02. The predicted octanol–water partition coefficient (Wildman–Crippen LogP) is 5.66. The molecule has 31 heavy (non-hydrogen) atoms. The van der Waals surface area contributed by atoms with Crippen LogP contribution in [0.3, 0.4) is 0 Å². The molecule has 160 valence electrons. The van der Waals surface area contributed by atoms with Crippen molar-refractivity contribution >= 4 is 35.2 Å². The Hall–Kier alpha value is -2.59. The van der Waals surface area contributed by atoms with Crippen molar-refractivity contribution in [2.75, 3.05) is 0 Å². The zero-order chi connectivity index (χ0) is 22.4. The molecular weight excluding hydrogens is 427 g/mol. The van der Waals surface area contributed by atoms with Gasteiger partial charge in [-0.25, -0.2) is 0 Å². The van der Waals surface area contributed by atoms with Gasteiger partial charge in [-0.1, -0.05) is 59.6 Å². The largest absolute Gasteiger partial charge is 0.349 e. The van der Waals surface area contributed by atoms with Gasteiger partial charge in [0.1, 0.15) is 0 Å². The number of aryl methyl sites for hydroxylation is 1. The van der Waals surface area contributed by atoms with E-state index in [0.717, 1.165) is 28.7 Å². The molecule has 2 atom stereocenters. The van der Waals surface area contributed by atoms with Crippen molar-refractivity contribution in [2.45, 2.75) is 32.2 Å². The van der Waals surface area contributed by atoms with Gasteiger partial charge in [-0.3, -0.25) is 4.79 Å². The molecule has 5 heteroatoms. The van der Waals surface area contributed by atoms with Crippen molar-refractivity contribution in [2.24, 2.45) is 0 Å². The molecule has 3 rings (SSSR count). The van der Waals surface area contributed by atoms with Gasteiger partial charge in [0, 0.05) is 27.6 Å². The maximum atomic E-state index is 13.2. The number of halogens is 2. The van der Waals surface area contributed by atoms with E-state index in [4.69, 9.17) is 23.2 Å². The minimum absolute atomic E-state index is 0.0686. The number of carbonyl (C=O) groups excluding carboxylic acids is 1. The first-order valence-corrected chi connectivity index (χ1v) is 11.0. The molecule has 0 fully saturated rings. The number of rotatable bonds is 7. The fourth-order valence-electron chi connectivity index (χ4n) is 3.77. The van der Waals surface area contributed by atoms with Gasteiger partial charge < -0.3 is 11.1 Å². The molecule has 0 radical (unpaired) electrons. The van der Waals surface area contributed by atoms with Crippen molar-refractivity contribution in [3.05, 3.63) is 111 Å². The predicted molar refractivity (Wildman–Crippen MR) is 129 cm³/mol. The Morgan fingerprint density at radius 2 is 1.61 bits per heavy atom. The topological polar surface area (TPSA) is 56.7 Å². The van der Waals surface area contributed by atoms with Crippen molar-refractivity contribution in [3.8, 4) is 0 Å². The molecule has 4 N–H and O–H groups in total. The summed E-state index contributed by atoms with van der Waals surface area (Å²) in [6.07, 6.45) is 4.35. The number of nitrogens with one attached hydrogen (secondary N) is 1. The van der Waals surface area contributed by atoms with Crippen LogP contribution < -0.4 is 11.1 Å². The third kappa shape index (κ3) is 5.98. The highest BCUT2D eigenvalue weighted by molar-refractivity contribution is 6.30. The van der Waals surface area contributed by atoms with Crippen LogP contribution in [0.1, 0.15) is 45.5 Å². The lowest BCUT2D eigenvalue weighted by Gasteiger charge is -2.26. The highest BCUT2D eigenvalue weighted by Gasteiger charge is 2.23. The lowest BCUT2D eigenvalue weighted by molar-refractivity contribution is -0.273. The molecule has 0 bridgehead atoms. The SMILES string of the molecule is Cc1cccc(C(=O)NC(C)[C@H](Cc2ccc(Cl)cc2)c2ccc(Cl)cc2)c1/C=C\[NH3+]. The molecule has 1 unspecified atom stereocenters. The monoisotopic (exact) mass is 453 g/mol. The van der Waals surface area contributed by atoms with Crippen LogP contribution >= 0.6 is 23.2 Å². The zero-order valence-electron chi connectivity index (χ0n) is 17.7. The summed E-state index contributed by atoms with van der Waals surface area (Å²) in [6.45, 7) is 4.03. The third-order valence-electron chi connectivity index (χ3n) is 5.48. The summed E-state index contributed by atoms with van der Waals surface area (Å²) >= 11 is 12.2. The minimum Gasteiger partial charge on any atom is -0.349 e. The van der Waals surface area contributed by atoms with Crippen molar-refractivity contribution in [3.63, 3.8) is 0 Å². The highest BCUT2D eigenvalue weighted by Crippen LogP contribution is 2.27. The van der Waals surface area contributed by atoms with Gasteiger partial charge in [-0.15, -0.1) is 0 Å². The zero-order valence-corrected chi connectivity index (χ0v) is 19.3. The van der Waals surface area contributed by atoms with Crippen molar-refractivity contribution < 1.29 is 10.5 Å². The van der Waals surface area contributed by atoms with E-state index in [1.165, 1.54) is 0 Å². The molecule has 1 amide bonds. The standard InChI is InChI=1S/C26H26Cl2N2O/c1-17-4-3-5-24(23(17)14-15-29)26(31)30-18(2)25(20-8-12-22(28)13-9-20)16-19-6-10-21(27)11-7-19/h3-15,18,25H,16,29H2,1-2H3,(H,30,31)/p+1/b15-14-/t18?,25-/m0/s1. The molecule has 3 aromatic carbocycles. The lowest BCUT2D eigenvalue weighted by atomic mass is 9.86. The molecule has 0 aliphatic rings. The summed E-state index contributed by atoms with van der Waals surface area (Å²) in [4.78, 5) is 13.2. The first-order chi connectivity index (χ1) is 14.9. The van der Waals surface area contributed by atoms with Crippen LogP contribution in [-0.2, 0) is 6.42 Å². The average Bonchev–Trinajstić information content (AvgIpc) is 2.75. The summed E-state index contributed by atoms with van der Waals surface area (Å²) < 4.78 is 0. The van der Waals surface area contributed by atoms with Gasteiger partial charge in [0.25, 0.3) is 5.91 Å². The highest BCUT2D eigenvalue weighted by atomic mass is 35.5. The van der Waals surface area contributed by atoms with Crippen LogP contribution in [0.2, 0.25) is 10.0 Å². The Bertz CT molecular complexity index is 1060. The van der Waals surface area contributed by atoms with Crippen molar-refractivity contribution in [1.29, 1.82) is 0 Å². The van der Waals surface area contributed by atoms with Crippen LogP contribution in [-0.4, -0.2) is 11.9 Å². The molecule has 0 saturated heterocycles. The van der Waals surface area contributed by atoms with E-state index < -0.39 is 0 Å². The van der Waals surface area contributed by atoms with Gasteiger partial charge in [-0.2, -0.15) is 0 Å². The van der Waals surface area contributed by atoms with Crippen LogP contribution in [0, 0.1) is 6.92 Å². The second-order valence-electron chi connectivity index (χ2n) is 7.69. The van der Waals surface area contributed by atoms with E-state index in [1.54, 1.807) is 6.20 Å². The van der Waals surface area contributed by atoms with Gasteiger partial charge in [0.2, 0.25) is 0 Å². The molecular formula is C26H27Cl2N2O+. The normalized spacial score (nSPS) is 13.2. The summed E-state index contributed by atoms with van der Waals surface area (Å²) in [6, 6.07) is 21.3. The number of quaternary nitrogens is 1. The van der Waals surface area contributed by atoms with Crippen molar-refractivity contribution in [1.82, 2.24) is 5.32 Å². The Kier molecular flexibility index (Phi) is 7.91. The Morgan fingerprint density at radius 1 is 1.00 bits per heavy atom. The first kappa shape index (κ1) is 23.1.